The van der Waals surface area contributed by atoms with Crippen molar-refractivity contribution in [1.82, 2.24) is 20.0 Å². The van der Waals surface area contributed by atoms with Gasteiger partial charge in [0, 0.05) is 37.9 Å². The third kappa shape index (κ3) is 8.57. The zero-order valence-corrected chi connectivity index (χ0v) is 24.0. The van der Waals surface area contributed by atoms with Gasteiger partial charge in [0.05, 0.1) is 13.0 Å². The molecule has 0 saturated carbocycles. The van der Waals surface area contributed by atoms with E-state index in [9.17, 15) is 14.4 Å². The van der Waals surface area contributed by atoms with Gasteiger partial charge in [0.2, 0.25) is 0 Å². The molecule has 10 nitrogen and oxygen atoms in total. The molecule has 222 valence electrons. The summed E-state index contributed by atoms with van der Waals surface area (Å²) in [6.07, 6.45) is 7.68. The van der Waals surface area contributed by atoms with Crippen molar-refractivity contribution in [2.45, 2.75) is 64.3 Å². The highest BCUT2D eigenvalue weighted by atomic mass is 16.6. The first-order chi connectivity index (χ1) is 19.4. The summed E-state index contributed by atoms with van der Waals surface area (Å²) >= 11 is 0. The number of urea groups is 1. The maximum atomic E-state index is 12.5. The summed E-state index contributed by atoms with van der Waals surface area (Å²) in [6, 6.07) is 8.08. The summed E-state index contributed by atoms with van der Waals surface area (Å²) in [6.45, 7) is 9.49. The van der Waals surface area contributed by atoms with Crippen LogP contribution in [-0.4, -0.2) is 103 Å². The first-order valence-corrected chi connectivity index (χ1v) is 15.2. The minimum atomic E-state index is -0.675. The normalized spacial score (nSPS) is 21.5. The molecule has 0 aromatic heterocycles. The molecule has 0 radical (unpaired) electrons. The lowest BCUT2D eigenvalue weighted by Gasteiger charge is -2.37. The van der Waals surface area contributed by atoms with Gasteiger partial charge in [-0.15, -0.1) is 0 Å². The molecule has 3 fully saturated rings. The van der Waals surface area contributed by atoms with Crippen LogP contribution >= 0.6 is 0 Å². The number of nitrogens with zero attached hydrogens (tertiary/aromatic N) is 3. The molecular weight excluding hydrogens is 510 g/mol. The zero-order chi connectivity index (χ0) is 28.3. The lowest BCUT2D eigenvalue weighted by molar-refractivity contribution is -0.137. The molecule has 10 heteroatoms. The molecule has 4 heterocycles. The third-order valence-corrected chi connectivity index (χ3v) is 8.90. The number of carboxylic acid groups (broad SMARTS) is 1. The average molecular weight is 558 g/mol. The molecule has 3 amide bonds. The number of benzene rings is 1. The third-order valence-electron chi connectivity index (χ3n) is 8.90. The van der Waals surface area contributed by atoms with E-state index in [1.54, 1.807) is 4.90 Å². The van der Waals surface area contributed by atoms with Gasteiger partial charge < -0.3 is 35.2 Å². The van der Waals surface area contributed by atoms with E-state index in [1.165, 1.54) is 44.3 Å². The van der Waals surface area contributed by atoms with Crippen molar-refractivity contribution >= 4 is 23.8 Å². The first-order valence-electron chi connectivity index (χ1n) is 15.2. The van der Waals surface area contributed by atoms with E-state index in [1.807, 2.05) is 30.0 Å². The number of piperidine rings is 3. The molecule has 3 N–H and O–H groups in total. The number of carboxylic acids is 1. The standard InChI is InChI=1S/C17H23N3O3.C13H24N2O2/c1-2-23-17(22)19-10-8-14(9-11-19)20-12-7-13-5-3-4-6-15(13)18-16(20)21;16-13(17)5-10-15-8-3-12(4-9-15)11-1-6-14-7-2-11/h3-6,14H,2,7-12H2,1H3,(H,18,21);11-12,14H,1-10H2,(H,16,17). The summed E-state index contributed by atoms with van der Waals surface area (Å²) in [5.41, 5.74) is 2.08. The highest BCUT2D eigenvalue weighted by Gasteiger charge is 2.31. The van der Waals surface area contributed by atoms with Crippen molar-refractivity contribution in [2.75, 3.05) is 64.3 Å². The van der Waals surface area contributed by atoms with E-state index in [-0.39, 0.29) is 24.6 Å². The van der Waals surface area contributed by atoms with Gasteiger partial charge in [-0.25, -0.2) is 9.59 Å². The molecule has 4 aliphatic heterocycles. The number of aliphatic carboxylic acids is 1. The number of amides is 3. The van der Waals surface area contributed by atoms with Crippen LogP contribution in [-0.2, 0) is 16.0 Å². The number of fused-ring (bicyclic) bond motifs is 1. The molecule has 1 aromatic carbocycles. The summed E-state index contributed by atoms with van der Waals surface area (Å²) in [4.78, 5) is 40.7. The van der Waals surface area contributed by atoms with Gasteiger partial charge in [-0.1, -0.05) is 18.2 Å². The van der Waals surface area contributed by atoms with Crippen LogP contribution in [0.1, 0.15) is 57.4 Å². The number of carbonyl (C=O) groups excluding carboxylic acids is 2. The predicted octanol–water partition coefficient (Wildman–Crippen LogP) is 3.87. The van der Waals surface area contributed by atoms with Crippen LogP contribution in [0.15, 0.2) is 24.3 Å². The van der Waals surface area contributed by atoms with Gasteiger partial charge in [-0.05, 0) is 102 Å². The number of para-hydroxylation sites is 1. The van der Waals surface area contributed by atoms with E-state index in [2.05, 4.69) is 21.6 Å². The lowest BCUT2D eigenvalue weighted by Crippen LogP contribution is -2.50. The van der Waals surface area contributed by atoms with Crippen molar-refractivity contribution < 1.29 is 24.2 Å². The fraction of sp³-hybridized carbons (Fsp3) is 0.700. The summed E-state index contributed by atoms with van der Waals surface area (Å²) < 4.78 is 5.04. The number of rotatable bonds is 6. The Morgan fingerprint density at radius 1 is 0.950 bits per heavy atom. The number of nitrogens with one attached hydrogen (secondary N) is 2. The number of ether oxygens (including phenoxy) is 1. The predicted molar refractivity (Wildman–Crippen MR) is 154 cm³/mol. The van der Waals surface area contributed by atoms with E-state index in [0.29, 0.717) is 26.2 Å². The van der Waals surface area contributed by atoms with Crippen molar-refractivity contribution in [3.63, 3.8) is 0 Å². The Balaban J connectivity index is 0.000000194. The van der Waals surface area contributed by atoms with E-state index < -0.39 is 5.97 Å². The van der Waals surface area contributed by atoms with Crippen LogP contribution in [0.25, 0.3) is 0 Å². The highest BCUT2D eigenvalue weighted by Crippen LogP contribution is 2.30. The molecule has 5 rings (SSSR count). The molecule has 4 aliphatic rings. The Bertz CT molecular complexity index is 969. The molecule has 3 saturated heterocycles. The van der Waals surface area contributed by atoms with Crippen molar-refractivity contribution in [3.8, 4) is 0 Å². The Morgan fingerprint density at radius 2 is 1.62 bits per heavy atom. The summed E-state index contributed by atoms with van der Waals surface area (Å²) in [5.74, 6) is 1.13. The number of likely N-dealkylation sites (tertiary alicyclic amines) is 2. The second-order valence-electron chi connectivity index (χ2n) is 11.4. The summed E-state index contributed by atoms with van der Waals surface area (Å²) in [5, 5.41) is 15.1. The van der Waals surface area contributed by atoms with Gasteiger partial charge in [-0.2, -0.15) is 0 Å². The van der Waals surface area contributed by atoms with Crippen LogP contribution in [0.3, 0.4) is 0 Å². The van der Waals surface area contributed by atoms with Crippen LogP contribution in [0.4, 0.5) is 15.3 Å². The quantitative estimate of drug-likeness (QED) is 0.487. The first kappa shape index (κ1) is 30.1. The average Bonchev–Trinajstić information content (AvgIpc) is 3.15. The van der Waals surface area contributed by atoms with Gasteiger partial charge in [-0.3, -0.25) is 4.79 Å². The molecule has 0 atom stereocenters. The SMILES string of the molecule is CCOC(=O)N1CCC(N2CCc3ccccc3NC2=O)CC1.O=C(O)CCN1CCC(C2CCNCC2)CC1. The number of anilines is 1. The van der Waals surface area contributed by atoms with Crippen LogP contribution in [0.5, 0.6) is 0 Å². The number of hydrogen-bond acceptors (Lipinski definition) is 6. The molecule has 0 unspecified atom stereocenters. The summed E-state index contributed by atoms with van der Waals surface area (Å²) in [7, 11) is 0. The lowest BCUT2D eigenvalue weighted by atomic mass is 9.79. The van der Waals surface area contributed by atoms with Crippen LogP contribution in [0, 0.1) is 11.8 Å². The van der Waals surface area contributed by atoms with Crippen molar-refractivity contribution in [3.05, 3.63) is 29.8 Å². The smallest absolute Gasteiger partial charge is 0.409 e. The second-order valence-corrected chi connectivity index (χ2v) is 11.4. The fourth-order valence-electron chi connectivity index (χ4n) is 6.53. The maximum Gasteiger partial charge on any atom is 0.409 e. The largest absolute Gasteiger partial charge is 0.481 e. The molecule has 40 heavy (non-hydrogen) atoms. The molecule has 0 bridgehead atoms. The van der Waals surface area contributed by atoms with E-state index in [4.69, 9.17) is 9.84 Å². The Morgan fingerprint density at radius 3 is 2.30 bits per heavy atom. The molecule has 1 aromatic rings. The second kappa shape index (κ2) is 15.2. The van der Waals surface area contributed by atoms with Gasteiger partial charge >= 0.3 is 18.1 Å². The van der Waals surface area contributed by atoms with Gasteiger partial charge in [0.1, 0.15) is 0 Å². The minimum absolute atomic E-state index is 0.0375. The molecule has 0 spiro atoms. The number of hydrogen-bond donors (Lipinski definition) is 3. The molecular formula is C30H47N5O5. The van der Waals surface area contributed by atoms with Crippen LogP contribution < -0.4 is 10.6 Å². The zero-order valence-electron chi connectivity index (χ0n) is 24.0. The molecule has 0 aliphatic carbocycles. The van der Waals surface area contributed by atoms with E-state index >= 15 is 0 Å². The minimum Gasteiger partial charge on any atom is -0.481 e. The maximum absolute atomic E-state index is 12.5. The Labute approximate surface area is 238 Å². The Hall–Kier alpha value is -2.85. The van der Waals surface area contributed by atoms with Gasteiger partial charge in [0.25, 0.3) is 0 Å². The van der Waals surface area contributed by atoms with Crippen molar-refractivity contribution in [1.29, 1.82) is 0 Å². The Kier molecular flexibility index (Phi) is 11.5. The van der Waals surface area contributed by atoms with Crippen molar-refractivity contribution in [2.24, 2.45) is 11.8 Å². The van der Waals surface area contributed by atoms with Crippen LogP contribution in [0.2, 0.25) is 0 Å². The monoisotopic (exact) mass is 557 g/mol. The van der Waals surface area contributed by atoms with E-state index in [0.717, 1.165) is 56.4 Å². The number of carbonyl (C=O) groups is 3. The topological polar surface area (TPSA) is 114 Å². The highest BCUT2D eigenvalue weighted by molar-refractivity contribution is 5.91. The fourth-order valence-corrected chi connectivity index (χ4v) is 6.53. The van der Waals surface area contributed by atoms with Gasteiger partial charge in [0.15, 0.2) is 0 Å².